The summed E-state index contributed by atoms with van der Waals surface area (Å²) in [7, 11) is -0.197. The number of hydrogen-bond donors (Lipinski definition) is 2. The van der Waals surface area contributed by atoms with Gasteiger partial charge >= 0.3 is 0 Å². The van der Waals surface area contributed by atoms with Crippen LogP contribution in [0.2, 0.25) is 19.1 Å². The summed E-state index contributed by atoms with van der Waals surface area (Å²) in [6.07, 6.45) is 12.9. The molecule has 2 aromatic rings. The van der Waals surface area contributed by atoms with Gasteiger partial charge in [-0.2, -0.15) is 0 Å². The Hall–Kier alpha value is -2.75. The number of amides is 1. The number of unbranched alkanes of at least 4 members (excludes halogenated alkanes) is 1. The molecular formula is C38H52N2O3Si. The summed E-state index contributed by atoms with van der Waals surface area (Å²) in [5.41, 5.74) is 8.47. The lowest BCUT2D eigenvalue weighted by Crippen LogP contribution is -2.54. The number of benzene rings is 2. The van der Waals surface area contributed by atoms with Gasteiger partial charge in [-0.05, 0) is 128 Å². The zero-order chi connectivity index (χ0) is 30.9. The van der Waals surface area contributed by atoms with E-state index in [0.29, 0.717) is 0 Å². The van der Waals surface area contributed by atoms with E-state index < -0.39 is 8.07 Å². The van der Waals surface area contributed by atoms with Crippen molar-refractivity contribution in [2.45, 2.75) is 114 Å². The third-order valence-electron chi connectivity index (χ3n) is 11.0. The number of nitrogens with zero attached hydrogens (tertiary/aromatic N) is 1. The van der Waals surface area contributed by atoms with Gasteiger partial charge in [0, 0.05) is 23.9 Å². The van der Waals surface area contributed by atoms with Gasteiger partial charge in [0.25, 0.3) is 5.91 Å². The molecule has 1 heterocycles. The van der Waals surface area contributed by atoms with Gasteiger partial charge in [-0.15, -0.1) is 5.54 Å². The number of aliphatic hydroxyl groups is 1. The molecule has 4 bridgehead atoms. The monoisotopic (exact) mass is 612 g/mol. The molecule has 2 atom stereocenters. The summed E-state index contributed by atoms with van der Waals surface area (Å²) < 4.78 is 5.63. The number of methoxy groups -OCH3 is 1. The second-order valence-corrected chi connectivity index (χ2v) is 19.6. The first-order valence-electron chi connectivity index (χ1n) is 17.2. The molecule has 5 aliphatic rings. The van der Waals surface area contributed by atoms with Gasteiger partial charge in [0.15, 0.2) is 0 Å². The van der Waals surface area contributed by atoms with Crippen LogP contribution in [0, 0.1) is 29.2 Å². The Morgan fingerprint density at radius 1 is 1.05 bits per heavy atom. The molecule has 0 aromatic heterocycles. The van der Waals surface area contributed by atoms with E-state index in [1.807, 2.05) is 6.07 Å². The molecule has 7 rings (SSSR count). The maximum Gasteiger partial charge on any atom is 0.298 e. The number of ether oxygens (including phenoxy) is 1. The number of carbonyl (C=O) groups excluding carboxylic acids is 1. The Bertz CT molecular complexity index is 1360. The summed E-state index contributed by atoms with van der Waals surface area (Å²) in [5.74, 6) is 6.64. The molecule has 4 fully saturated rings. The highest BCUT2D eigenvalue weighted by Crippen LogP contribution is 2.56. The van der Waals surface area contributed by atoms with Crippen molar-refractivity contribution >= 4 is 19.7 Å². The molecule has 4 saturated carbocycles. The molecule has 6 heteroatoms. The van der Waals surface area contributed by atoms with Gasteiger partial charge < -0.3 is 20.1 Å². The highest BCUT2D eigenvalue weighted by molar-refractivity contribution is 6.85. The fourth-order valence-electron chi connectivity index (χ4n) is 9.36. The molecule has 0 saturated heterocycles. The molecule has 2 N–H and O–H groups in total. The highest BCUT2D eigenvalue weighted by Gasteiger charge is 2.51. The Morgan fingerprint density at radius 3 is 2.34 bits per heavy atom. The first kappa shape index (κ1) is 31.2. The Kier molecular flexibility index (Phi) is 9.18. The van der Waals surface area contributed by atoms with Crippen LogP contribution in [0.25, 0.3) is 0 Å². The van der Waals surface area contributed by atoms with E-state index in [1.165, 1.54) is 55.3 Å². The average molecular weight is 613 g/mol. The van der Waals surface area contributed by atoms with Crippen molar-refractivity contribution < 1.29 is 14.6 Å². The molecule has 236 valence electrons. The zero-order valence-electron chi connectivity index (χ0n) is 27.3. The molecule has 0 spiro atoms. The van der Waals surface area contributed by atoms with Gasteiger partial charge in [0.1, 0.15) is 13.8 Å². The second kappa shape index (κ2) is 12.9. The van der Waals surface area contributed by atoms with E-state index >= 15 is 0 Å². The number of nitrogens with one attached hydrogen (secondary N) is 1. The Morgan fingerprint density at radius 2 is 1.73 bits per heavy atom. The number of rotatable bonds is 10. The summed E-state index contributed by atoms with van der Waals surface area (Å²) in [4.78, 5) is 16.3. The molecule has 1 aliphatic heterocycles. The fraction of sp³-hybridized carbons (Fsp3) is 0.605. The standard InChI is InChI=1S/C38H52N2O3Si/c1-5-6-8-33-22-31-23-34(43-2)13-14-35(31)37(40(33)36(42)15-18-44(3,4)17-7-16-41)30-9-11-32(12-10-30)39-38-24-27-19-28(25-38)21-29(20-27)26-38/h9-14,23,27-29,33,37,39,41H,5-8,16-17,19-22,24-26H2,1-4H3/t27?,28?,29?,33-,37-,38?/m0/s1. The first-order chi connectivity index (χ1) is 21.2. The van der Waals surface area contributed by atoms with Crippen molar-refractivity contribution in [3.63, 3.8) is 0 Å². The fourth-order valence-corrected chi connectivity index (χ4v) is 11.0. The number of anilines is 1. The van der Waals surface area contributed by atoms with Gasteiger partial charge in [-0.25, -0.2) is 0 Å². The van der Waals surface area contributed by atoms with Crippen molar-refractivity contribution in [3.8, 4) is 17.2 Å². The maximum atomic E-state index is 14.2. The zero-order valence-corrected chi connectivity index (χ0v) is 28.3. The van der Waals surface area contributed by atoms with E-state index in [4.69, 9.17) is 4.74 Å². The number of aliphatic hydroxyl groups excluding tert-OH is 1. The minimum absolute atomic E-state index is 0.0714. The average Bonchev–Trinajstić information content (AvgIpc) is 3.00. The third-order valence-corrected chi connectivity index (χ3v) is 13.4. The number of hydrogen-bond acceptors (Lipinski definition) is 4. The van der Waals surface area contributed by atoms with Crippen molar-refractivity contribution in [1.82, 2.24) is 4.90 Å². The Balaban J connectivity index is 1.33. The highest BCUT2D eigenvalue weighted by atomic mass is 28.3. The van der Waals surface area contributed by atoms with E-state index in [-0.39, 0.29) is 30.1 Å². The van der Waals surface area contributed by atoms with Gasteiger partial charge in [0.05, 0.1) is 13.2 Å². The summed E-state index contributed by atoms with van der Waals surface area (Å²) in [6.45, 7) is 6.78. The van der Waals surface area contributed by atoms with Crippen LogP contribution in [-0.4, -0.2) is 49.3 Å². The minimum Gasteiger partial charge on any atom is -0.497 e. The maximum absolute atomic E-state index is 14.2. The SMILES string of the molecule is CCCC[C@H]1Cc2cc(OC)ccc2[C@H](c2ccc(NC34CC5CC(CC(C5)C3)C4)cc2)N1C(=O)C#C[Si](C)(C)CCCO. The molecule has 1 amide bonds. The van der Waals surface area contributed by atoms with Crippen LogP contribution >= 0.6 is 0 Å². The van der Waals surface area contributed by atoms with Crippen LogP contribution in [0.3, 0.4) is 0 Å². The van der Waals surface area contributed by atoms with Crippen LogP contribution in [0.5, 0.6) is 5.75 Å². The molecule has 0 radical (unpaired) electrons. The largest absolute Gasteiger partial charge is 0.497 e. The van der Waals surface area contributed by atoms with Crippen LogP contribution in [0.4, 0.5) is 5.69 Å². The van der Waals surface area contributed by atoms with Crippen molar-refractivity contribution in [1.29, 1.82) is 0 Å². The summed E-state index contributed by atoms with van der Waals surface area (Å²) in [5, 5.41) is 13.4. The van der Waals surface area contributed by atoms with Crippen LogP contribution in [0.1, 0.15) is 93.9 Å². The van der Waals surface area contributed by atoms with Crippen molar-refractivity contribution in [2.24, 2.45) is 17.8 Å². The predicted octanol–water partition coefficient (Wildman–Crippen LogP) is 7.74. The normalized spacial score (nSPS) is 28.7. The topological polar surface area (TPSA) is 61.8 Å². The van der Waals surface area contributed by atoms with Gasteiger partial charge in [-0.3, -0.25) is 4.79 Å². The second-order valence-electron chi connectivity index (χ2n) is 15.1. The van der Waals surface area contributed by atoms with Gasteiger partial charge in [0.2, 0.25) is 0 Å². The number of carbonyl (C=O) groups is 1. The van der Waals surface area contributed by atoms with Crippen molar-refractivity contribution in [3.05, 3.63) is 59.2 Å². The summed E-state index contributed by atoms with van der Waals surface area (Å²) in [6, 6.07) is 16.1. The third kappa shape index (κ3) is 6.60. The van der Waals surface area contributed by atoms with E-state index in [1.54, 1.807) is 7.11 Å². The molecule has 0 unspecified atom stereocenters. The van der Waals surface area contributed by atoms with E-state index in [0.717, 1.165) is 67.2 Å². The van der Waals surface area contributed by atoms with Crippen LogP contribution in [-0.2, 0) is 11.2 Å². The Labute approximate surface area is 266 Å². The van der Waals surface area contributed by atoms with Crippen molar-refractivity contribution in [2.75, 3.05) is 19.0 Å². The summed E-state index contributed by atoms with van der Waals surface area (Å²) >= 11 is 0. The molecule has 5 nitrogen and oxygen atoms in total. The molecule has 2 aromatic carbocycles. The molecule has 44 heavy (non-hydrogen) atoms. The smallest absolute Gasteiger partial charge is 0.298 e. The van der Waals surface area contributed by atoms with Crippen LogP contribution in [0.15, 0.2) is 42.5 Å². The lowest BCUT2D eigenvalue weighted by molar-refractivity contribution is -0.130. The lowest BCUT2D eigenvalue weighted by Gasteiger charge is -2.57. The molecule has 4 aliphatic carbocycles. The molecular weight excluding hydrogens is 561 g/mol. The minimum atomic E-state index is -1.92. The van der Waals surface area contributed by atoms with E-state index in [9.17, 15) is 9.90 Å². The van der Waals surface area contributed by atoms with Crippen LogP contribution < -0.4 is 10.1 Å². The first-order valence-corrected chi connectivity index (χ1v) is 20.4. The quantitative estimate of drug-likeness (QED) is 0.213. The number of fused-ring (bicyclic) bond motifs is 1. The van der Waals surface area contributed by atoms with E-state index in [2.05, 4.69) is 78.1 Å². The lowest BCUT2D eigenvalue weighted by atomic mass is 9.53. The predicted molar refractivity (Wildman–Crippen MR) is 181 cm³/mol. The van der Waals surface area contributed by atoms with Gasteiger partial charge in [-0.1, -0.05) is 51.1 Å².